The lowest BCUT2D eigenvalue weighted by molar-refractivity contribution is -0.215. The summed E-state index contributed by atoms with van der Waals surface area (Å²) in [7, 11) is 0. The van der Waals surface area contributed by atoms with Crippen molar-refractivity contribution in [2.75, 3.05) is 0 Å². The van der Waals surface area contributed by atoms with Crippen LogP contribution < -0.4 is 22.1 Å². The highest BCUT2D eigenvalue weighted by molar-refractivity contribution is 5.78. The molecule has 2 rings (SSSR count). The van der Waals surface area contributed by atoms with Crippen molar-refractivity contribution in [2.24, 2.45) is 5.92 Å². The van der Waals surface area contributed by atoms with Crippen LogP contribution in [0.5, 0.6) is 0 Å². The molecule has 1 amide bonds. The van der Waals surface area contributed by atoms with Crippen molar-refractivity contribution in [3.8, 4) is 0 Å². The topological polar surface area (TPSA) is 137 Å². The predicted molar refractivity (Wildman–Crippen MR) is 88.3 cm³/mol. The first-order valence-electron chi connectivity index (χ1n) is 7.81. The normalized spacial score (nSPS) is 14.3. The predicted octanol–water partition coefficient (Wildman–Crippen LogP) is -0.558. The van der Waals surface area contributed by atoms with E-state index in [1.165, 1.54) is 19.9 Å². The van der Waals surface area contributed by atoms with Crippen molar-refractivity contribution < 1.29 is 23.1 Å². The summed E-state index contributed by atoms with van der Waals surface area (Å²) in [6.07, 6.45) is -6.60. The summed E-state index contributed by atoms with van der Waals surface area (Å²) in [5, 5.41) is 11.4. The molecular formula is C15H17F3N4O5. The number of aliphatic hydroxyl groups excluding tert-OH is 1. The average molecular weight is 390 g/mol. The van der Waals surface area contributed by atoms with Gasteiger partial charge in [-0.1, -0.05) is 13.8 Å². The van der Waals surface area contributed by atoms with Gasteiger partial charge in [-0.15, -0.1) is 0 Å². The minimum atomic E-state index is -4.93. The van der Waals surface area contributed by atoms with E-state index in [1.807, 2.05) is 4.98 Å². The Bertz CT molecular complexity index is 1020. The fraction of sp³-hybridized carbons (Fsp3) is 0.467. The number of aromatic nitrogens is 3. The first kappa shape index (κ1) is 20.4. The molecule has 12 heteroatoms. The van der Waals surface area contributed by atoms with Gasteiger partial charge in [0.25, 0.3) is 11.1 Å². The minimum absolute atomic E-state index is 0.108. The highest BCUT2D eigenvalue weighted by Crippen LogP contribution is 2.25. The number of alkyl halides is 3. The van der Waals surface area contributed by atoms with E-state index in [1.54, 1.807) is 0 Å². The second-order valence-electron chi connectivity index (χ2n) is 6.27. The zero-order valence-electron chi connectivity index (χ0n) is 14.3. The van der Waals surface area contributed by atoms with Crippen molar-refractivity contribution in [3.63, 3.8) is 0 Å². The molecule has 0 saturated heterocycles. The van der Waals surface area contributed by atoms with Gasteiger partial charge in [0.2, 0.25) is 5.91 Å². The largest absolute Gasteiger partial charge is 0.416 e. The maximum atomic E-state index is 12.7. The summed E-state index contributed by atoms with van der Waals surface area (Å²) >= 11 is 0. The number of rotatable bonds is 5. The number of hydrogen-bond donors (Lipinski definition) is 4. The smallest absolute Gasteiger partial charge is 0.382 e. The molecule has 2 aromatic rings. The highest BCUT2D eigenvalue weighted by atomic mass is 19.4. The number of amides is 1. The van der Waals surface area contributed by atoms with Gasteiger partial charge in [0.1, 0.15) is 12.1 Å². The fourth-order valence-electron chi connectivity index (χ4n) is 2.52. The third-order valence-corrected chi connectivity index (χ3v) is 3.91. The van der Waals surface area contributed by atoms with E-state index in [4.69, 9.17) is 0 Å². The molecule has 0 bridgehead atoms. The molecule has 2 aromatic heterocycles. The Labute approximate surface area is 148 Å². The lowest BCUT2D eigenvalue weighted by Gasteiger charge is -2.28. The molecule has 0 aromatic carbocycles. The number of hydrogen-bond acceptors (Lipinski definition) is 5. The molecule has 9 nitrogen and oxygen atoms in total. The van der Waals surface area contributed by atoms with Crippen molar-refractivity contribution in [3.05, 3.63) is 43.5 Å². The number of carbonyl (C=O) groups excluding carboxylic acids is 1. The van der Waals surface area contributed by atoms with Crippen molar-refractivity contribution >= 4 is 16.8 Å². The molecule has 0 spiro atoms. The van der Waals surface area contributed by atoms with E-state index < -0.39 is 53.5 Å². The van der Waals surface area contributed by atoms with Crippen LogP contribution >= 0.6 is 0 Å². The molecule has 0 aliphatic rings. The number of nitrogens with one attached hydrogen (secondary N) is 3. The van der Waals surface area contributed by atoms with Gasteiger partial charge < -0.3 is 20.0 Å². The number of carbonyl (C=O) groups is 1. The summed E-state index contributed by atoms with van der Waals surface area (Å²) in [5.74, 6) is -1.69. The van der Waals surface area contributed by atoms with Crippen LogP contribution in [0.25, 0.3) is 10.9 Å². The summed E-state index contributed by atoms with van der Waals surface area (Å²) in [6, 6.07) is -0.431. The van der Waals surface area contributed by atoms with Gasteiger partial charge in [-0.05, 0) is 12.0 Å². The molecular weight excluding hydrogens is 373 g/mol. The number of aliphatic hydroxyl groups is 1. The second-order valence-corrected chi connectivity index (χ2v) is 6.27. The van der Waals surface area contributed by atoms with Crippen LogP contribution in [-0.4, -0.2) is 43.9 Å². The van der Waals surface area contributed by atoms with E-state index in [9.17, 15) is 37.5 Å². The molecule has 0 saturated carbocycles. The molecule has 0 fully saturated rings. The minimum Gasteiger partial charge on any atom is -0.382 e. The lowest BCUT2D eigenvalue weighted by atomic mass is 9.98. The Morgan fingerprint density at radius 3 is 2.44 bits per heavy atom. The monoisotopic (exact) mass is 390 g/mol. The molecule has 4 N–H and O–H groups in total. The van der Waals surface area contributed by atoms with Gasteiger partial charge in [0.05, 0.1) is 11.4 Å². The van der Waals surface area contributed by atoms with Crippen molar-refractivity contribution in [1.82, 2.24) is 19.9 Å². The van der Waals surface area contributed by atoms with E-state index in [0.29, 0.717) is 0 Å². The zero-order valence-corrected chi connectivity index (χ0v) is 14.3. The third kappa shape index (κ3) is 4.45. The maximum Gasteiger partial charge on any atom is 0.416 e. The Morgan fingerprint density at radius 1 is 1.26 bits per heavy atom. The van der Waals surface area contributed by atoms with Gasteiger partial charge in [-0.25, -0.2) is 4.79 Å². The van der Waals surface area contributed by atoms with Crippen LogP contribution in [0.1, 0.15) is 13.8 Å². The lowest BCUT2D eigenvalue weighted by Crippen LogP contribution is -2.53. The molecule has 0 aliphatic heterocycles. The number of H-pyrrole nitrogens is 2. The molecule has 27 heavy (non-hydrogen) atoms. The number of pyridine rings is 1. The van der Waals surface area contributed by atoms with Gasteiger partial charge >= 0.3 is 11.9 Å². The molecule has 2 unspecified atom stereocenters. The molecule has 2 atom stereocenters. The van der Waals surface area contributed by atoms with Gasteiger partial charge in [-0.2, -0.15) is 13.2 Å². The number of halogens is 3. The second kappa shape index (κ2) is 7.39. The molecule has 148 valence electrons. The SMILES string of the molecule is CC(C)C(NC(=O)Cn1ccc2c(=O)[nH]c(=O)[nH]c2c1=O)C(O)C(F)(F)F. The van der Waals surface area contributed by atoms with E-state index in [2.05, 4.69) is 10.3 Å². The fourth-order valence-corrected chi connectivity index (χ4v) is 2.52. The summed E-state index contributed by atoms with van der Waals surface area (Å²) in [6.45, 7) is 2.11. The Balaban J connectivity index is 2.30. The van der Waals surface area contributed by atoms with Crippen molar-refractivity contribution in [2.45, 2.75) is 38.7 Å². The zero-order chi connectivity index (χ0) is 20.5. The summed E-state index contributed by atoms with van der Waals surface area (Å²) in [5.41, 5.74) is -2.92. The first-order valence-corrected chi connectivity index (χ1v) is 7.81. The highest BCUT2D eigenvalue weighted by Gasteiger charge is 2.45. The number of fused-ring (bicyclic) bond motifs is 1. The van der Waals surface area contributed by atoms with Crippen LogP contribution in [-0.2, 0) is 11.3 Å². The first-order chi connectivity index (χ1) is 12.4. The summed E-state index contributed by atoms with van der Waals surface area (Å²) < 4.78 is 39.0. The van der Waals surface area contributed by atoms with E-state index >= 15 is 0 Å². The molecule has 0 radical (unpaired) electrons. The van der Waals surface area contributed by atoms with Crippen LogP contribution in [0.3, 0.4) is 0 Å². The third-order valence-electron chi connectivity index (χ3n) is 3.91. The maximum absolute atomic E-state index is 12.7. The summed E-state index contributed by atoms with van der Waals surface area (Å²) in [4.78, 5) is 51.4. The quantitative estimate of drug-likeness (QED) is 0.543. The van der Waals surface area contributed by atoms with Gasteiger partial charge in [0.15, 0.2) is 6.10 Å². The number of nitrogens with zero attached hydrogens (tertiary/aromatic N) is 1. The van der Waals surface area contributed by atoms with Crippen molar-refractivity contribution in [1.29, 1.82) is 0 Å². The van der Waals surface area contributed by atoms with Crippen LogP contribution in [0.4, 0.5) is 13.2 Å². The Morgan fingerprint density at radius 2 is 1.89 bits per heavy atom. The van der Waals surface area contributed by atoms with Crippen LogP contribution in [0.2, 0.25) is 0 Å². The van der Waals surface area contributed by atoms with E-state index in [-0.39, 0.29) is 10.9 Å². The standard InChI is InChI=1S/C15H17F3N4O5/c1-6(2)9(11(24)15(16,17)18)19-8(23)5-22-4-3-7-10(13(22)26)20-14(27)21-12(7)25/h3-4,6,9,11,24H,5H2,1-2H3,(H,19,23)(H2,20,21,25,27). The van der Waals surface area contributed by atoms with Gasteiger partial charge in [-0.3, -0.25) is 19.4 Å². The molecule has 0 aliphatic carbocycles. The van der Waals surface area contributed by atoms with Gasteiger partial charge in [0, 0.05) is 6.20 Å². The van der Waals surface area contributed by atoms with Crippen LogP contribution in [0.15, 0.2) is 26.6 Å². The number of aromatic amines is 2. The average Bonchev–Trinajstić information content (AvgIpc) is 2.54. The Kier molecular flexibility index (Phi) is 5.59. The van der Waals surface area contributed by atoms with E-state index in [0.717, 1.165) is 10.8 Å². The van der Waals surface area contributed by atoms with Crippen LogP contribution in [0, 0.1) is 5.92 Å². The molecule has 2 heterocycles. The Hall–Kier alpha value is -2.89.